The van der Waals surface area contributed by atoms with Gasteiger partial charge in [-0.3, -0.25) is 4.79 Å². The van der Waals surface area contributed by atoms with E-state index in [4.69, 9.17) is 10.8 Å². The molecule has 4 N–H and O–H groups in total. The summed E-state index contributed by atoms with van der Waals surface area (Å²) in [6.45, 7) is 1.68. The molecule has 0 aromatic carbocycles. The minimum Gasteiger partial charge on any atom is -0.480 e. The number of pyridine rings is 1. The van der Waals surface area contributed by atoms with Gasteiger partial charge in [-0.1, -0.05) is 6.07 Å². The number of anilines is 2. The van der Waals surface area contributed by atoms with Crippen LogP contribution in [0.25, 0.3) is 0 Å². The van der Waals surface area contributed by atoms with Crippen molar-refractivity contribution in [2.24, 2.45) is 5.73 Å². The molecule has 0 saturated heterocycles. The van der Waals surface area contributed by atoms with E-state index in [0.717, 1.165) is 5.56 Å². The average Bonchev–Trinajstić information content (AvgIpc) is 2.43. The first-order valence-corrected chi connectivity index (χ1v) is 5.79. The van der Waals surface area contributed by atoms with Crippen molar-refractivity contribution in [2.75, 3.05) is 5.32 Å². The third kappa shape index (κ3) is 3.65. The second-order valence-electron chi connectivity index (χ2n) is 4.10. The van der Waals surface area contributed by atoms with Crippen LogP contribution in [-0.4, -0.2) is 42.5 Å². The van der Waals surface area contributed by atoms with E-state index in [0.29, 0.717) is 11.6 Å². The molecule has 0 spiro atoms. The summed E-state index contributed by atoms with van der Waals surface area (Å²) in [5.74, 6) is 0.169. The predicted octanol–water partition coefficient (Wildman–Crippen LogP) is -0.332. The van der Waals surface area contributed by atoms with E-state index >= 15 is 0 Å². The summed E-state index contributed by atoms with van der Waals surface area (Å²) in [6.07, 6.45) is 1.76. The Morgan fingerprint density at radius 3 is 2.60 bits per heavy atom. The van der Waals surface area contributed by atoms with Gasteiger partial charge in [0.1, 0.15) is 11.9 Å². The number of carboxylic acid groups (broad SMARTS) is 1. The Labute approximate surface area is 114 Å². The molecule has 0 bridgehead atoms. The average molecular weight is 275 g/mol. The van der Waals surface area contributed by atoms with Crippen molar-refractivity contribution in [3.05, 3.63) is 29.7 Å². The van der Waals surface area contributed by atoms with E-state index in [1.807, 2.05) is 0 Å². The summed E-state index contributed by atoms with van der Waals surface area (Å²) in [7, 11) is 0. The standard InChI is InChI=1S/C11H13N7O2/c1-6-15-17-11(18-16-6)14-9-3-2-7(5-13-9)4-8(12)10(19)20/h2-3,5,8H,4,12H2,1H3,(H,19,20)(H,13,14,17,18)/t8-/m0/s1. The molecule has 0 unspecified atom stereocenters. The van der Waals surface area contributed by atoms with E-state index in [-0.39, 0.29) is 12.4 Å². The SMILES string of the molecule is Cc1nnc(Nc2ccc(C[C@H](N)C(=O)O)cn2)nn1. The molecular weight excluding hydrogens is 262 g/mol. The van der Waals surface area contributed by atoms with Crippen molar-refractivity contribution in [2.45, 2.75) is 19.4 Å². The van der Waals surface area contributed by atoms with Crippen molar-refractivity contribution in [3.8, 4) is 0 Å². The maximum absolute atomic E-state index is 10.7. The highest BCUT2D eigenvalue weighted by atomic mass is 16.4. The number of hydrogen-bond donors (Lipinski definition) is 3. The number of nitrogens with zero attached hydrogens (tertiary/aromatic N) is 5. The summed E-state index contributed by atoms with van der Waals surface area (Å²) in [5, 5.41) is 26.7. The molecule has 0 amide bonds. The monoisotopic (exact) mass is 275 g/mol. The summed E-state index contributed by atoms with van der Waals surface area (Å²) in [4.78, 5) is 14.8. The van der Waals surface area contributed by atoms with Crippen molar-refractivity contribution in [1.29, 1.82) is 0 Å². The summed E-state index contributed by atoms with van der Waals surface area (Å²) in [5.41, 5.74) is 6.17. The normalized spacial score (nSPS) is 11.9. The van der Waals surface area contributed by atoms with Crippen LogP contribution in [-0.2, 0) is 11.2 Å². The highest BCUT2D eigenvalue weighted by Crippen LogP contribution is 2.10. The molecule has 0 aliphatic carbocycles. The van der Waals surface area contributed by atoms with Crippen LogP contribution in [0.4, 0.5) is 11.8 Å². The Bertz CT molecular complexity index is 585. The molecule has 20 heavy (non-hydrogen) atoms. The van der Waals surface area contributed by atoms with Gasteiger partial charge in [-0.05, 0) is 25.0 Å². The lowest BCUT2D eigenvalue weighted by Gasteiger charge is -2.07. The van der Waals surface area contributed by atoms with Gasteiger partial charge in [0.15, 0.2) is 5.82 Å². The van der Waals surface area contributed by atoms with Crippen LogP contribution < -0.4 is 11.1 Å². The summed E-state index contributed by atoms with van der Waals surface area (Å²) >= 11 is 0. The van der Waals surface area contributed by atoms with E-state index in [9.17, 15) is 4.79 Å². The van der Waals surface area contributed by atoms with Gasteiger partial charge in [-0.15, -0.1) is 20.4 Å². The van der Waals surface area contributed by atoms with Crippen molar-refractivity contribution in [3.63, 3.8) is 0 Å². The van der Waals surface area contributed by atoms with Crippen LogP contribution >= 0.6 is 0 Å². The Morgan fingerprint density at radius 2 is 2.05 bits per heavy atom. The number of aromatic nitrogens is 5. The number of aryl methyl sites for hydroxylation is 1. The van der Waals surface area contributed by atoms with Gasteiger partial charge in [0, 0.05) is 6.20 Å². The van der Waals surface area contributed by atoms with Gasteiger partial charge >= 0.3 is 5.97 Å². The largest absolute Gasteiger partial charge is 0.480 e. The van der Waals surface area contributed by atoms with Gasteiger partial charge < -0.3 is 16.2 Å². The van der Waals surface area contributed by atoms with Gasteiger partial charge in [-0.2, -0.15) is 0 Å². The second kappa shape index (κ2) is 5.97. The number of carboxylic acids is 1. The first-order chi connectivity index (χ1) is 9.54. The van der Waals surface area contributed by atoms with Crippen LogP contribution in [0.3, 0.4) is 0 Å². The third-order valence-corrected chi connectivity index (χ3v) is 2.42. The first kappa shape index (κ1) is 13.7. The maximum Gasteiger partial charge on any atom is 0.320 e. The molecule has 9 heteroatoms. The van der Waals surface area contributed by atoms with E-state index < -0.39 is 12.0 Å². The Hall–Kier alpha value is -2.68. The van der Waals surface area contributed by atoms with Gasteiger partial charge in [-0.25, -0.2) is 4.98 Å². The molecular formula is C11H13N7O2. The zero-order valence-corrected chi connectivity index (χ0v) is 10.7. The maximum atomic E-state index is 10.7. The molecule has 2 aromatic rings. The fourth-order valence-electron chi connectivity index (χ4n) is 1.40. The van der Waals surface area contributed by atoms with E-state index in [2.05, 4.69) is 30.7 Å². The van der Waals surface area contributed by atoms with Gasteiger partial charge in [0.25, 0.3) is 5.95 Å². The summed E-state index contributed by atoms with van der Waals surface area (Å²) < 4.78 is 0. The minimum absolute atomic E-state index is 0.215. The quantitative estimate of drug-likeness (QED) is 0.668. The van der Waals surface area contributed by atoms with Crippen molar-refractivity contribution >= 4 is 17.7 Å². The fraction of sp³-hybridized carbons (Fsp3) is 0.273. The molecule has 9 nitrogen and oxygen atoms in total. The van der Waals surface area contributed by atoms with E-state index in [1.165, 1.54) is 0 Å². The molecule has 2 heterocycles. The van der Waals surface area contributed by atoms with Crippen LogP contribution in [0.15, 0.2) is 18.3 Å². The highest BCUT2D eigenvalue weighted by Gasteiger charge is 2.12. The van der Waals surface area contributed by atoms with Crippen LogP contribution in [0.2, 0.25) is 0 Å². The number of carbonyl (C=O) groups is 1. The topological polar surface area (TPSA) is 140 Å². The number of aliphatic carboxylic acids is 1. The Kier molecular flexibility index (Phi) is 4.11. The van der Waals surface area contributed by atoms with Crippen LogP contribution in [0.1, 0.15) is 11.4 Å². The smallest absolute Gasteiger partial charge is 0.320 e. The highest BCUT2D eigenvalue weighted by molar-refractivity contribution is 5.73. The first-order valence-electron chi connectivity index (χ1n) is 5.79. The number of hydrogen-bond acceptors (Lipinski definition) is 8. The number of nitrogens with two attached hydrogens (primary N) is 1. The molecule has 2 aromatic heterocycles. The minimum atomic E-state index is -1.04. The Morgan fingerprint density at radius 1 is 1.35 bits per heavy atom. The predicted molar refractivity (Wildman–Crippen MR) is 69.2 cm³/mol. The molecule has 104 valence electrons. The molecule has 0 fully saturated rings. The molecule has 0 radical (unpaired) electrons. The van der Waals surface area contributed by atoms with Crippen LogP contribution in [0.5, 0.6) is 0 Å². The van der Waals surface area contributed by atoms with Crippen LogP contribution in [0, 0.1) is 6.92 Å². The molecule has 0 aliphatic rings. The Balaban J connectivity index is 2.01. The molecule has 1 atom stereocenters. The van der Waals surface area contributed by atoms with Gasteiger partial charge in [0.2, 0.25) is 0 Å². The second-order valence-corrected chi connectivity index (χ2v) is 4.10. The molecule has 0 aliphatic heterocycles. The summed E-state index contributed by atoms with van der Waals surface area (Å²) in [6, 6.07) is 2.46. The molecule has 0 saturated carbocycles. The molecule has 2 rings (SSSR count). The fourth-order valence-corrected chi connectivity index (χ4v) is 1.40. The van der Waals surface area contributed by atoms with Crippen molar-refractivity contribution < 1.29 is 9.90 Å². The lowest BCUT2D eigenvalue weighted by molar-refractivity contribution is -0.138. The lowest BCUT2D eigenvalue weighted by Crippen LogP contribution is -2.32. The van der Waals surface area contributed by atoms with E-state index in [1.54, 1.807) is 25.3 Å². The number of rotatable bonds is 5. The van der Waals surface area contributed by atoms with Gasteiger partial charge in [0.05, 0.1) is 0 Å². The lowest BCUT2D eigenvalue weighted by atomic mass is 10.1. The van der Waals surface area contributed by atoms with Crippen molar-refractivity contribution in [1.82, 2.24) is 25.4 Å². The zero-order chi connectivity index (χ0) is 14.5. The zero-order valence-electron chi connectivity index (χ0n) is 10.7. The third-order valence-electron chi connectivity index (χ3n) is 2.42. The number of nitrogens with one attached hydrogen (secondary N) is 1.